The van der Waals surface area contributed by atoms with Crippen molar-refractivity contribution in [2.45, 2.75) is 38.6 Å². The molecule has 0 bridgehead atoms. The largest absolute Gasteiger partial charge is 0.480 e. The van der Waals surface area contributed by atoms with Gasteiger partial charge in [0.05, 0.1) is 13.2 Å². The van der Waals surface area contributed by atoms with Crippen LogP contribution in [-0.2, 0) is 0 Å². The SMILES string of the molecule is CCC1CCC(C(NC)c2nccnc2OC)C1. The van der Waals surface area contributed by atoms with Crippen LogP contribution in [0.2, 0.25) is 0 Å². The molecule has 0 amide bonds. The van der Waals surface area contributed by atoms with Gasteiger partial charge in [-0.1, -0.05) is 19.8 Å². The Labute approximate surface area is 109 Å². The van der Waals surface area contributed by atoms with Crippen LogP contribution in [0.5, 0.6) is 5.88 Å². The van der Waals surface area contributed by atoms with Gasteiger partial charge in [-0.25, -0.2) is 4.98 Å². The van der Waals surface area contributed by atoms with Gasteiger partial charge in [0, 0.05) is 12.4 Å². The molecule has 100 valence electrons. The van der Waals surface area contributed by atoms with E-state index in [9.17, 15) is 0 Å². The first-order valence-electron chi connectivity index (χ1n) is 6.82. The van der Waals surface area contributed by atoms with Gasteiger partial charge in [-0.05, 0) is 31.7 Å². The van der Waals surface area contributed by atoms with Gasteiger partial charge < -0.3 is 10.1 Å². The topological polar surface area (TPSA) is 47.0 Å². The highest BCUT2D eigenvalue weighted by Crippen LogP contribution is 2.41. The second kappa shape index (κ2) is 6.14. The van der Waals surface area contributed by atoms with Crippen molar-refractivity contribution >= 4 is 0 Å². The molecule has 1 N–H and O–H groups in total. The van der Waals surface area contributed by atoms with Crippen LogP contribution in [0, 0.1) is 11.8 Å². The molecule has 18 heavy (non-hydrogen) atoms. The summed E-state index contributed by atoms with van der Waals surface area (Å²) in [6.07, 6.45) is 8.59. The van der Waals surface area contributed by atoms with Crippen molar-refractivity contribution in [1.82, 2.24) is 15.3 Å². The minimum Gasteiger partial charge on any atom is -0.480 e. The highest BCUT2D eigenvalue weighted by molar-refractivity contribution is 5.22. The first-order valence-corrected chi connectivity index (χ1v) is 6.82. The molecule has 1 heterocycles. The summed E-state index contributed by atoms with van der Waals surface area (Å²) in [6, 6.07) is 0.255. The molecule has 0 aliphatic heterocycles. The van der Waals surface area contributed by atoms with Crippen molar-refractivity contribution in [3.8, 4) is 5.88 Å². The Bertz CT molecular complexity index is 383. The van der Waals surface area contributed by atoms with E-state index in [1.165, 1.54) is 25.7 Å². The number of hydrogen-bond acceptors (Lipinski definition) is 4. The summed E-state index contributed by atoms with van der Waals surface area (Å²) >= 11 is 0. The third-order valence-electron chi connectivity index (χ3n) is 4.12. The maximum absolute atomic E-state index is 5.33. The van der Waals surface area contributed by atoms with Gasteiger partial charge in [-0.3, -0.25) is 4.98 Å². The van der Waals surface area contributed by atoms with Crippen molar-refractivity contribution < 1.29 is 4.74 Å². The smallest absolute Gasteiger partial charge is 0.237 e. The van der Waals surface area contributed by atoms with Crippen LogP contribution < -0.4 is 10.1 Å². The molecule has 0 aromatic carbocycles. The average Bonchev–Trinajstić information content (AvgIpc) is 2.89. The summed E-state index contributed by atoms with van der Waals surface area (Å²) in [5.74, 6) is 2.16. The molecule has 1 aromatic rings. The zero-order chi connectivity index (χ0) is 13.0. The number of aromatic nitrogens is 2. The fraction of sp³-hybridized carbons (Fsp3) is 0.714. The lowest BCUT2D eigenvalue weighted by atomic mass is 9.93. The van der Waals surface area contributed by atoms with Gasteiger partial charge in [0.1, 0.15) is 5.69 Å². The highest BCUT2D eigenvalue weighted by Gasteiger charge is 2.32. The molecular weight excluding hydrogens is 226 g/mol. The van der Waals surface area contributed by atoms with Crippen LogP contribution >= 0.6 is 0 Å². The molecule has 4 nitrogen and oxygen atoms in total. The molecule has 3 atom stereocenters. The Morgan fingerprint density at radius 3 is 2.78 bits per heavy atom. The van der Waals surface area contributed by atoms with Gasteiger partial charge in [-0.15, -0.1) is 0 Å². The van der Waals surface area contributed by atoms with E-state index in [1.807, 2.05) is 7.05 Å². The number of nitrogens with zero attached hydrogens (tertiary/aromatic N) is 2. The van der Waals surface area contributed by atoms with Crippen molar-refractivity contribution in [2.75, 3.05) is 14.2 Å². The maximum atomic E-state index is 5.33. The van der Waals surface area contributed by atoms with Crippen LogP contribution in [0.15, 0.2) is 12.4 Å². The Balaban J connectivity index is 2.18. The Kier molecular flexibility index (Phi) is 4.53. The van der Waals surface area contributed by atoms with Crippen molar-refractivity contribution in [3.05, 3.63) is 18.1 Å². The molecule has 4 heteroatoms. The number of methoxy groups -OCH3 is 1. The second-order valence-corrected chi connectivity index (χ2v) is 5.06. The van der Waals surface area contributed by atoms with Crippen LogP contribution in [0.1, 0.15) is 44.3 Å². The fourth-order valence-electron chi connectivity index (χ4n) is 3.09. The normalized spacial score (nSPS) is 25.1. The summed E-state index contributed by atoms with van der Waals surface area (Å²) in [5, 5.41) is 3.40. The summed E-state index contributed by atoms with van der Waals surface area (Å²) in [5.41, 5.74) is 0.948. The second-order valence-electron chi connectivity index (χ2n) is 5.06. The van der Waals surface area contributed by atoms with Crippen LogP contribution in [0.3, 0.4) is 0 Å². The molecule has 1 aliphatic carbocycles. The number of ether oxygens (including phenoxy) is 1. The van der Waals surface area contributed by atoms with E-state index in [2.05, 4.69) is 22.2 Å². The van der Waals surface area contributed by atoms with Crippen molar-refractivity contribution in [2.24, 2.45) is 11.8 Å². The van der Waals surface area contributed by atoms with Gasteiger partial charge in [0.25, 0.3) is 0 Å². The lowest BCUT2D eigenvalue weighted by Gasteiger charge is -2.23. The third kappa shape index (κ3) is 2.64. The van der Waals surface area contributed by atoms with E-state index in [4.69, 9.17) is 4.74 Å². The Morgan fingerprint density at radius 2 is 2.17 bits per heavy atom. The molecule has 1 fully saturated rings. The van der Waals surface area contributed by atoms with E-state index in [-0.39, 0.29) is 6.04 Å². The molecule has 0 spiro atoms. The predicted molar refractivity (Wildman–Crippen MR) is 71.5 cm³/mol. The fourth-order valence-corrected chi connectivity index (χ4v) is 3.09. The average molecular weight is 249 g/mol. The molecule has 1 aliphatic rings. The minimum atomic E-state index is 0.255. The van der Waals surface area contributed by atoms with Crippen LogP contribution in [-0.4, -0.2) is 24.1 Å². The number of rotatable bonds is 5. The van der Waals surface area contributed by atoms with Gasteiger partial charge in [0.2, 0.25) is 5.88 Å². The predicted octanol–water partition coefficient (Wildman–Crippen LogP) is 2.57. The van der Waals surface area contributed by atoms with E-state index in [1.54, 1.807) is 19.5 Å². The van der Waals surface area contributed by atoms with Crippen molar-refractivity contribution in [1.29, 1.82) is 0 Å². The first-order chi connectivity index (χ1) is 8.80. The molecule has 0 radical (unpaired) electrons. The van der Waals surface area contributed by atoms with E-state index in [0.29, 0.717) is 11.8 Å². The molecule has 3 unspecified atom stereocenters. The van der Waals surface area contributed by atoms with Gasteiger partial charge >= 0.3 is 0 Å². The summed E-state index contributed by atoms with van der Waals surface area (Å²) in [6.45, 7) is 2.28. The first kappa shape index (κ1) is 13.3. The lowest BCUT2D eigenvalue weighted by molar-refractivity contribution is 0.334. The summed E-state index contributed by atoms with van der Waals surface area (Å²) in [4.78, 5) is 8.72. The number of nitrogens with one attached hydrogen (secondary N) is 1. The Morgan fingerprint density at radius 1 is 1.39 bits per heavy atom. The quantitative estimate of drug-likeness (QED) is 0.871. The van der Waals surface area contributed by atoms with E-state index >= 15 is 0 Å². The highest BCUT2D eigenvalue weighted by atomic mass is 16.5. The zero-order valence-electron chi connectivity index (χ0n) is 11.5. The van der Waals surface area contributed by atoms with Gasteiger partial charge in [-0.2, -0.15) is 0 Å². The molecule has 0 saturated heterocycles. The third-order valence-corrected chi connectivity index (χ3v) is 4.12. The summed E-state index contributed by atoms with van der Waals surface area (Å²) < 4.78 is 5.33. The van der Waals surface area contributed by atoms with Crippen LogP contribution in [0.4, 0.5) is 0 Å². The lowest BCUT2D eigenvalue weighted by Crippen LogP contribution is -2.25. The van der Waals surface area contributed by atoms with Crippen LogP contribution in [0.25, 0.3) is 0 Å². The zero-order valence-corrected chi connectivity index (χ0v) is 11.5. The van der Waals surface area contributed by atoms with E-state index < -0.39 is 0 Å². The molecular formula is C14H23N3O. The number of hydrogen-bond donors (Lipinski definition) is 1. The van der Waals surface area contributed by atoms with Crippen molar-refractivity contribution in [3.63, 3.8) is 0 Å². The standard InChI is InChI=1S/C14H23N3O/c1-4-10-5-6-11(9-10)12(15-2)13-14(18-3)17-8-7-16-13/h7-8,10-12,15H,4-6,9H2,1-3H3. The summed E-state index contributed by atoms with van der Waals surface area (Å²) in [7, 11) is 3.65. The minimum absolute atomic E-state index is 0.255. The maximum Gasteiger partial charge on any atom is 0.237 e. The molecule has 1 saturated carbocycles. The van der Waals surface area contributed by atoms with E-state index in [0.717, 1.165) is 11.6 Å². The monoisotopic (exact) mass is 249 g/mol. The van der Waals surface area contributed by atoms with Gasteiger partial charge in [0.15, 0.2) is 0 Å². The molecule has 1 aromatic heterocycles. The molecule has 2 rings (SSSR count). The Hall–Kier alpha value is -1.16.